The molecule has 242 valence electrons. The molecule has 0 spiro atoms. The molecule has 13 heteroatoms. The molecule has 4 amide bonds. The Bertz CT molecular complexity index is 1410. The van der Waals surface area contributed by atoms with Gasteiger partial charge in [0.1, 0.15) is 11.6 Å². The smallest absolute Gasteiger partial charge is 0.303 e. The zero-order valence-corrected chi connectivity index (χ0v) is 25.1. The van der Waals surface area contributed by atoms with Crippen molar-refractivity contribution < 1.29 is 33.8 Å². The van der Waals surface area contributed by atoms with Crippen LogP contribution in [0.2, 0.25) is 0 Å². The number of carbonyl (C=O) groups is 5. The minimum atomic E-state index is -2.17. The summed E-state index contributed by atoms with van der Waals surface area (Å²) in [6.07, 6.45) is -0.276. The van der Waals surface area contributed by atoms with E-state index in [4.69, 9.17) is 21.3 Å². The molecule has 0 radical (unpaired) electrons. The van der Waals surface area contributed by atoms with Gasteiger partial charge in [0.15, 0.2) is 5.72 Å². The van der Waals surface area contributed by atoms with E-state index >= 15 is 0 Å². The Morgan fingerprint density at radius 1 is 0.870 bits per heavy atom. The molecule has 13 nitrogen and oxygen atoms in total. The second-order valence-corrected chi connectivity index (χ2v) is 10.3. The topological polar surface area (TPSA) is 215 Å². The lowest BCUT2D eigenvalue weighted by molar-refractivity contribution is -0.151. The van der Waals surface area contributed by atoms with Crippen LogP contribution in [0.5, 0.6) is 0 Å². The molecule has 0 saturated heterocycles. The highest BCUT2D eigenvalue weighted by Gasteiger charge is 2.40. The van der Waals surface area contributed by atoms with Crippen LogP contribution < -0.4 is 33.0 Å². The van der Waals surface area contributed by atoms with Crippen LogP contribution >= 0.6 is 0 Å². The summed E-state index contributed by atoms with van der Waals surface area (Å²) in [5, 5.41) is 13.8. The van der Waals surface area contributed by atoms with Gasteiger partial charge in [-0.15, -0.1) is 6.58 Å². The first kappa shape index (κ1) is 35.1. The normalized spacial score (nSPS) is 13.0. The molecule has 0 heterocycles. The number of ether oxygens (including phenoxy) is 1. The van der Waals surface area contributed by atoms with Crippen molar-refractivity contribution in [2.24, 2.45) is 11.5 Å². The molecular weight excluding hydrogens is 592 g/mol. The number of hydrazine groups is 1. The average molecular weight is 631 g/mol. The number of carboxylic acid groups (broad SMARTS) is 1. The van der Waals surface area contributed by atoms with Crippen LogP contribution in [0, 0.1) is 0 Å². The van der Waals surface area contributed by atoms with Gasteiger partial charge in [0.2, 0.25) is 17.7 Å². The predicted molar refractivity (Wildman–Crippen MR) is 169 cm³/mol. The maximum atomic E-state index is 13.5. The Morgan fingerprint density at radius 3 is 1.80 bits per heavy atom. The van der Waals surface area contributed by atoms with Crippen LogP contribution in [0.3, 0.4) is 0 Å². The van der Waals surface area contributed by atoms with Gasteiger partial charge >= 0.3 is 5.97 Å². The first-order valence-electron chi connectivity index (χ1n) is 14.4. The van der Waals surface area contributed by atoms with Crippen molar-refractivity contribution >= 4 is 29.6 Å². The minimum absolute atomic E-state index is 0.201. The van der Waals surface area contributed by atoms with Gasteiger partial charge in [0, 0.05) is 12.8 Å². The van der Waals surface area contributed by atoms with Gasteiger partial charge in [0.05, 0.1) is 19.6 Å². The molecule has 0 aliphatic rings. The number of nitrogens with one attached hydrogen (secondary N) is 4. The molecule has 0 aliphatic heterocycles. The van der Waals surface area contributed by atoms with Gasteiger partial charge in [-0.3, -0.25) is 35.1 Å². The first-order chi connectivity index (χ1) is 22.0. The third kappa shape index (κ3) is 9.32. The van der Waals surface area contributed by atoms with Crippen molar-refractivity contribution in [2.45, 2.75) is 36.6 Å². The molecule has 0 bridgehead atoms. The average Bonchev–Trinajstić information content (AvgIpc) is 3.06. The summed E-state index contributed by atoms with van der Waals surface area (Å²) in [5.41, 5.74) is 16.3. The standard InChI is InChI=1S/C33H38N6O7/c1-2-20-46-32(35,19-18-29(42)43)31(45)37-26(30(44)36-22-27(34)40)21-28(41)38-39-33(23-12-6-3-7-13-23,24-14-8-4-9-15-24)25-16-10-5-11-17-25/h2-17,26,39H,1,18-22,35H2,(H2,34,40)(H,36,44)(H,37,45)(H,38,41)(H,42,43)/t26-,32-/m1/s1. The second kappa shape index (κ2) is 16.6. The van der Waals surface area contributed by atoms with Gasteiger partial charge in [-0.25, -0.2) is 5.43 Å². The number of carbonyl (C=O) groups excluding carboxylic acids is 4. The summed E-state index contributed by atoms with van der Waals surface area (Å²) < 4.78 is 5.38. The third-order valence-corrected chi connectivity index (χ3v) is 7.01. The maximum Gasteiger partial charge on any atom is 0.303 e. The Labute approximate surface area is 266 Å². The van der Waals surface area contributed by atoms with E-state index in [0.717, 1.165) is 16.7 Å². The van der Waals surface area contributed by atoms with Crippen molar-refractivity contribution in [3.8, 4) is 0 Å². The molecule has 3 rings (SSSR count). The fraction of sp³-hybridized carbons (Fsp3) is 0.242. The number of nitrogens with two attached hydrogens (primary N) is 2. The Balaban J connectivity index is 1.93. The van der Waals surface area contributed by atoms with Gasteiger partial charge in [0.25, 0.3) is 5.91 Å². The van der Waals surface area contributed by atoms with E-state index in [1.54, 1.807) is 0 Å². The number of hydrogen-bond donors (Lipinski definition) is 7. The van der Waals surface area contributed by atoms with E-state index < -0.39 is 72.7 Å². The van der Waals surface area contributed by atoms with Crippen LogP contribution in [0.1, 0.15) is 36.0 Å². The van der Waals surface area contributed by atoms with Crippen LogP contribution in [0.4, 0.5) is 0 Å². The molecular formula is C33H38N6O7. The molecule has 0 saturated carbocycles. The van der Waals surface area contributed by atoms with Crippen molar-refractivity contribution in [3.63, 3.8) is 0 Å². The molecule has 46 heavy (non-hydrogen) atoms. The van der Waals surface area contributed by atoms with E-state index in [1.807, 2.05) is 91.0 Å². The van der Waals surface area contributed by atoms with E-state index in [9.17, 15) is 24.0 Å². The number of amides is 4. The fourth-order valence-electron chi connectivity index (χ4n) is 4.72. The van der Waals surface area contributed by atoms with Crippen LogP contribution in [0.15, 0.2) is 104 Å². The highest BCUT2D eigenvalue weighted by molar-refractivity contribution is 5.95. The fourth-order valence-corrected chi connectivity index (χ4v) is 4.72. The second-order valence-electron chi connectivity index (χ2n) is 10.3. The largest absolute Gasteiger partial charge is 0.481 e. The molecule has 9 N–H and O–H groups in total. The third-order valence-electron chi connectivity index (χ3n) is 7.01. The zero-order valence-electron chi connectivity index (χ0n) is 25.1. The highest BCUT2D eigenvalue weighted by atomic mass is 16.5. The van der Waals surface area contributed by atoms with E-state index in [-0.39, 0.29) is 6.61 Å². The van der Waals surface area contributed by atoms with E-state index in [1.165, 1.54) is 6.08 Å². The van der Waals surface area contributed by atoms with Crippen LogP contribution in [0.25, 0.3) is 0 Å². The highest BCUT2D eigenvalue weighted by Crippen LogP contribution is 2.36. The number of benzene rings is 3. The molecule has 0 unspecified atom stereocenters. The lowest BCUT2D eigenvalue weighted by Gasteiger charge is -2.37. The van der Waals surface area contributed by atoms with Crippen LogP contribution in [-0.2, 0) is 34.2 Å². The zero-order chi connectivity index (χ0) is 33.6. The predicted octanol–water partition coefficient (Wildman–Crippen LogP) is 0.798. The summed E-state index contributed by atoms with van der Waals surface area (Å²) >= 11 is 0. The summed E-state index contributed by atoms with van der Waals surface area (Å²) in [6, 6.07) is 26.7. The Kier molecular flexibility index (Phi) is 12.7. The maximum absolute atomic E-state index is 13.5. The number of carboxylic acids is 1. The lowest BCUT2D eigenvalue weighted by atomic mass is 9.77. The first-order valence-corrected chi connectivity index (χ1v) is 14.4. The Morgan fingerprint density at radius 2 is 1.37 bits per heavy atom. The van der Waals surface area contributed by atoms with Crippen LogP contribution in [-0.4, -0.2) is 59.6 Å². The molecule has 0 aromatic heterocycles. The quantitative estimate of drug-likeness (QED) is 0.0457. The van der Waals surface area contributed by atoms with Gasteiger partial charge < -0.3 is 26.2 Å². The van der Waals surface area contributed by atoms with Crippen molar-refractivity contribution in [2.75, 3.05) is 13.2 Å². The number of rotatable bonds is 18. The molecule has 2 atom stereocenters. The minimum Gasteiger partial charge on any atom is -0.481 e. The summed E-state index contributed by atoms with van der Waals surface area (Å²) in [7, 11) is 0. The summed E-state index contributed by atoms with van der Waals surface area (Å²) in [5.74, 6) is -4.77. The Hall–Kier alpha value is -5.37. The molecule has 3 aromatic carbocycles. The lowest BCUT2D eigenvalue weighted by Crippen LogP contribution is -2.61. The molecule has 0 fully saturated rings. The number of aliphatic carboxylic acids is 1. The SMILES string of the molecule is C=CCO[C@](N)(CCC(=O)O)C(=O)N[C@H](CC(=O)NNC(c1ccccc1)(c1ccccc1)c1ccccc1)C(=O)NCC(N)=O. The summed E-state index contributed by atoms with van der Waals surface area (Å²) in [6.45, 7) is 2.73. The number of hydrogen-bond acceptors (Lipinski definition) is 8. The summed E-state index contributed by atoms with van der Waals surface area (Å²) in [4.78, 5) is 62.4. The van der Waals surface area contributed by atoms with Crippen molar-refractivity contribution in [3.05, 3.63) is 120 Å². The molecule has 0 aliphatic carbocycles. The molecule has 3 aromatic rings. The van der Waals surface area contributed by atoms with Crippen molar-refractivity contribution in [1.82, 2.24) is 21.5 Å². The van der Waals surface area contributed by atoms with Crippen molar-refractivity contribution in [1.29, 1.82) is 0 Å². The van der Waals surface area contributed by atoms with Gasteiger partial charge in [-0.05, 0) is 16.7 Å². The van der Waals surface area contributed by atoms with E-state index in [0.29, 0.717) is 0 Å². The monoisotopic (exact) mass is 630 g/mol. The van der Waals surface area contributed by atoms with E-state index in [2.05, 4.69) is 28.1 Å². The number of primary amides is 1. The van der Waals surface area contributed by atoms with Gasteiger partial charge in [-0.1, -0.05) is 97.1 Å². The van der Waals surface area contributed by atoms with Gasteiger partial charge in [-0.2, -0.15) is 0 Å².